The first-order chi connectivity index (χ1) is 15.3. The smallest absolute Gasteiger partial charge is 0.338 e. The van der Waals surface area contributed by atoms with Crippen molar-refractivity contribution in [2.45, 2.75) is 65.3 Å². The average Bonchev–Trinajstić information content (AvgIpc) is 3.09. The number of nitrogens with one attached hydrogen (secondary N) is 1. The highest BCUT2D eigenvalue weighted by molar-refractivity contribution is 5.91. The minimum Gasteiger partial charge on any atom is -0.452 e. The molecule has 4 fully saturated rings. The highest BCUT2D eigenvalue weighted by Crippen LogP contribution is 2.61. The molecule has 0 aliphatic heterocycles. The van der Waals surface area contributed by atoms with Crippen LogP contribution in [0, 0.1) is 37.0 Å². The fourth-order valence-corrected chi connectivity index (χ4v) is 6.99. The molecule has 1 aromatic heterocycles. The van der Waals surface area contributed by atoms with E-state index >= 15 is 0 Å². The number of hydrogen-bond acceptors (Lipinski definition) is 4. The van der Waals surface area contributed by atoms with Gasteiger partial charge < -0.3 is 10.1 Å². The third kappa shape index (κ3) is 3.96. The summed E-state index contributed by atoms with van der Waals surface area (Å²) in [6.45, 7) is 5.84. The van der Waals surface area contributed by atoms with Crippen LogP contribution in [-0.2, 0) is 9.53 Å². The van der Waals surface area contributed by atoms with Crippen molar-refractivity contribution >= 4 is 11.9 Å². The number of aromatic nitrogens is 2. The van der Waals surface area contributed by atoms with Crippen LogP contribution in [0.5, 0.6) is 0 Å². The van der Waals surface area contributed by atoms with Crippen LogP contribution >= 0.6 is 0 Å². The van der Waals surface area contributed by atoms with Gasteiger partial charge in [0.05, 0.1) is 16.9 Å². The van der Waals surface area contributed by atoms with Crippen LogP contribution in [0.15, 0.2) is 30.3 Å². The van der Waals surface area contributed by atoms with E-state index in [4.69, 9.17) is 4.74 Å². The Labute approximate surface area is 189 Å². The first-order valence-corrected chi connectivity index (χ1v) is 11.9. The van der Waals surface area contributed by atoms with Crippen molar-refractivity contribution in [2.75, 3.05) is 6.61 Å². The maximum absolute atomic E-state index is 12.6. The average molecular weight is 436 g/mol. The summed E-state index contributed by atoms with van der Waals surface area (Å²) < 4.78 is 7.15. The van der Waals surface area contributed by atoms with Gasteiger partial charge in [-0.1, -0.05) is 0 Å². The van der Waals surface area contributed by atoms with Crippen LogP contribution in [-0.4, -0.2) is 34.3 Å². The molecule has 170 valence electrons. The highest BCUT2D eigenvalue weighted by Gasteiger charge is 2.53. The molecule has 32 heavy (non-hydrogen) atoms. The van der Waals surface area contributed by atoms with Crippen LogP contribution in [0.2, 0.25) is 0 Å². The van der Waals surface area contributed by atoms with Crippen molar-refractivity contribution in [3.8, 4) is 5.69 Å². The highest BCUT2D eigenvalue weighted by atomic mass is 16.5. The van der Waals surface area contributed by atoms with Crippen molar-refractivity contribution in [3.05, 3.63) is 47.3 Å². The lowest BCUT2D eigenvalue weighted by Gasteiger charge is -2.59. The lowest BCUT2D eigenvalue weighted by Crippen LogP contribution is -2.56. The van der Waals surface area contributed by atoms with Crippen LogP contribution in [0.4, 0.5) is 0 Å². The maximum atomic E-state index is 12.6. The molecular weight excluding hydrogens is 402 g/mol. The molecule has 4 aliphatic carbocycles. The van der Waals surface area contributed by atoms with Gasteiger partial charge in [-0.25, -0.2) is 9.48 Å². The molecule has 4 bridgehead atoms. The maximum Gasteiger partial charge on any atom is 0.338 e. The fraction of sp³-hybridized carbons (Fsp3) is 0.577. The fourth-order valence-electron chi connectivity index (χ4n) is 6.99. The van der Waals surface area contributed by atoms with Gasteiger partial charge in [0.25, 0.3) is 5.91 Å². The first-order valence-electron chi connectivity index (χ1n) is 11.9. The monoisotopic (exact) mass is 435 g/mol. The lowest BCUT2D eigenvalue weighted by molar-refractivity contribution is -0.128. The van der Waals surface area contributed by atoms with E-state index in [-0.39, 0.29) is 24.0 Å². The lowest BCUT2D eigenvalue weighted by atomic mass is 9.48. The Bertz CT molecular complexity index is 988. The summed E-state index contributed by atoms with van der Waals surface area (Å²) in [5.41, 5.74) is 3.53. The van der Waals surface area contributed by atoms with Crippen molar-refractivity contribution in [1.82, 2.24) is 15.1 Å². The number of rotatable bonds is 6. The Balaban J connectivity index is 1.15. The summed E-state index contributed by atoms with van der Waals surface area (Å²) in [4.78, 5) is 25.0. The number of carbonyl (C=O) groups excluding carboxylic acids is 2. The molecule has 2 aromatic rings. The van der Waals surface area contributed by atoms with Gasteiger partial charge in [0, 0.05) is 11.7 Å². The Morgan fingerprint density at radius 3 is 2.22 bits per heavy atom. The molecule has 6 nitrogen and oxygen atoms in total. The number of esters is 1. The summed E-state index contributed by atoms with van der Waals surface area (Å²) in [6.07, 6.45) is 7.87. The number of aryl methyl sites for hydroxylation is 2. The molecule has 6 rings (SSSR count). The standard InChI is InChI=1S/C26H33N3O3/c1-16-8-17(2)29(28-16)23-6-4-22(5-7-23)25(31)32-15-24(30)27-18(3)26-12-19-9-20(13-26)11-21(10-19)14-26/h4-8,18-21H,9-15H2,1-3H3,(H,27,30). The van der Waals surface area contributed by atoms with Crippen LogP contribution in [0.25, 0.3) is 5.69 Å². The number of hydrogen-bond donors (Lipinski definition) is 1. The molecule has 1 aromatic carbocycles. The molecule has 4 aliphatic rings. The van der Waals surface area contributed by atoms with Gasteiger partial charge in [0.15, 0.2) is 6.61 Å². The summed E-state index contributed by atoms with van der Waals surface area (Å²) >= 11 is 0. The Hall–Kier alpha value is -2.63. The number of amides is 1. The van der Waals surface area contributed by atoms with Gasteiger partial charge in [0.1, 0.15) is 0 Å². The van der Waals surface area contributed by atoms with Gasteiger partial charge in [-0.05, 0) is 113 Å². The summed E-state index contributed by atoms with van der Waals surface area (Å²) in [6, 6.07) is 9.23. The predicted octanol–water partition coefficient (Wildman–Crippen LogP) is 4.37. The second-order valence-electron chi connectivity index (χ2n) is 10.5. The van der Waals surface area contributed by atoms with Crippen molar-refractivity contribution < 1.29 is 14.3 Å². The van der Waals surface area contributed by atoms with Gasteiger partial charge in [-0.15, -0.1) is 0 Å². The molecule has 0 saturated heterocycles. The molecule has 1 heterocycles. The molecule has 1 amide bonds. The third-order valence-electron chi connectivity index (χ3n) is 8.07. The molecule has 6 heteroatoms. The minimum atomic E-state index is -0.484. The van der Waals surface area contributed by atoms with E-state index in [2.05, 4.69) is 17.3 Å². The molecule has 4 saturated carbocycles. The normalized spacial score (nSPS) is 29.0. The molecule has 0 spiro atoms. The molecule has 1 N–H and O–H groups in total. The van der Waals surface area contributed by atoms with Gasteiger partial charge in [-0.3, -0.25) is 4.79 Å². The van der Waals surface area contributed by atoms with Gasteiger partial charge in [0.2, 0.25) is 0 Å². The van der Waals surface area contributed by atoms with Crippen LogP contribution in [0.3, 0.4) is 0 Å². The molecule has 1 unspecified atom stereocenters. The van der Waals surface area contributed by atoms with Crippen LogP contribution in [0.1, 0.15) is 67.2 Å². The Kier molecular flexibility index (Phi) is 5.34. The largest absolute Gasteiger partial charge is 0.452 e. The Morgan fingerprint density at radius 2 is 1.69 bits per heavy atom. The van der Waals surface area contributed by atoms with Crippen LogP contribution < -0.4 is 5.32 Å². The topological polar surface area (TPSA) is 73.2 Å². The number of carbonyl (C=O) groups is 2. The first kappa shape index (κ1) is 21.2. The van der Waals surface area contributed by atoms with Crippen molar-refractivity contribution in [1.29, 1.82) is 0 Å². The SMILES string of the molecule is Cc1cc(C)n(-c2ccc(C(=O)OCC(=O)NC(C)C34CC5CC(CC(C5)C3)C4)cc2)n1. The van der Waals surface area contributed by atoms with E-state index in [0.717, 1.165) is 34.8 Å². The van der Waals surface area contributed by atoms with E-state index < -0.39 is 5.97 Å². The predicted molar refractivity (Wildman–Crippen MR) is 122 cm³/mol. The summed E-state index contributed by atoms with van der Waals surface area (Å²) in [5, 5.41) is 7.61. The van der Waals surface area contributed by atoms with Gasteiger partial charge >= 0.3 is 5.97 Å². The second-order valence-corrected chi connectivity index (χ2v) is 10.5. The van der Waals surface area contributed by atoms with E-state index in [1.165, 1.54) is 38.5 Å². The van der Waals surface area contributed by atoms with E-state index in [9.17, 15) is 9.59 Å². The van der Waals surface area contributed by atoms with Crippen molar-refractivity contribution in [3.63, 3.8) is 0 Å². The van der Waals surface area contributed by atoms with Crippen molar-refractivity contribution in [2.24, 2.45) is 23.2 Å². The zero-order valence-electron chi connectivity index (χ0n) is 19.3. The van der Waals surface area contributed by atoms with E-state index in [1.807, 2.05) is 36.7 Å². The van der Waals surface area contributed by atoms with Gasteiger partial charge in [-0.2, -0.15) is 5.10 Å². The number of ether oxygens (including phenoxy) is 1. The zero-order valence-corrected chi connectivity index (χ0v) is 19.3. The number of nitrogens with zero attached hydrogens (tertiary/aromatic N) is 2. The molecular formula is C26H33N3O3. The minimum absolute atomic E-state index is 0.127. The molecule has 1 atom stereocenters. The number of benzene rings is 1. The molecule has 0 radical (unpaired) electrons. The Morgan fingerprint density at radius 1 is 1.09 bits per heavy atom. The third-order valence-corrected chi connectivity index (χ3v) is 8.07. The quantitative estimate of drug-likeness (QED) is 0.684. The summed E-state index contributed by atoms with van der Waals surface area (Å²) in [7, 11) is 0. The van der Waals surface area contributed by atoms with E-state index in [0.29, 0.717) is 5.56 Å². The second kappa shape index (κ2) is 8.05. The zero-order chi connectivity index (χ0) is 22.5. The summed E-state index contributed by atoms with van der Waals surface area (Å²) in [5.74, 6) is 1.84. The van der Waals surface area contributed by atoms with E-state index in [1.54, 1.807) is 12.1 Å².